The molecule has 0 aliphatic carbocycles. The highest BCUT2D eigenvalue weighted by Gasteiger charge is 2.22. The molecule has 0 aromatic heterocycles. The fourth-order valence-electron chi connectivity index (χ4n) is 2.73. The van der Waals surface area contributed by atoms with Gasteiger partial charge in [-0.1, -0.05) is 24.3 Å². The smallest absolute Gasteiger partial charge is 0.251 e. The number of benzene rings is 2. The summed E-state index contributed by atoms with van der Waals surface area (Å²) in [7, 11) is 0. The molecule has 0 saturated carbocycles. The first-order valence-corrected chi connectivity index (χ1v) is 8.17. The molecule has 0 bridgehead atoms. The Labute approximate surface area is 145 Å². The molecule has 25 heavy (non-hydrogen) atoms. The summed E-state index contributed by atoms with van der Waals surface area (Å²) in [5.41, 5.74) is 1.81. The van der Waals surface area contributed by atoms with E-state index in [1.807, 2.05) is 24.3 Å². The van der Waals surface area contributed by atoms with Crippen molar-refractivity contribution in [3.63, 3.8) is 0 Å². The second kappa shape index (κ2) is 7.61. The fourth-order valence-corrected chi connectivity index (χ4v) is 2.73. The zero-order valence-corrected chi connectivity index (χ0v) is 13.7. The lowest BCUT2D eigenvalue weighted by Crippen LogP contribution is -2.33. The van der Waals surface area contributed by atoms with Gasteiger partial charge < -0.3 is 15.5 Å². The van der Waals surface area contributed by atoms with Crippen LogP contribution in [0.2, 0.25) is 0 Å². The second-order valence-corrected chi connectivity index (χ2v) is 5.80. The fraction of sp³-hybridized carbons (Fsp3) is 0.211. The largest absolute Gasteiger partial charge is 0.343 e. The molecule has 0 spiro atoms. The van der Waals surface area contributed by atoms with E-state index in [2.05, 4.69) is 10.6 Å². The molecular weight excluding hydrogens is 318 g/mol. The van der Waals surface area contributed by atoms with Crippen molar-refractivity contribution in [3.05, 3.63) is 60.2 Å². The van der Waals surface area contributed by atoms with E-state index in [9.17, 15) is 14.4 Å². The number of carbonyl (C=O) groups is 3. The monoisotopic (exact) mass is 337 g/mol. The molecule has 6 heteroatoms. The summed E-state index contributed by atoms with van der Waals surface area (Å²) < 4.78 is 0. The van der Waals surface area contributed by atoms with Gasteiger partial charge in [0.25, 0.3) is 5.91 Å². The molecule has 0 unspecified atom stereocenters. The molecule has 1 saturated heterocycles. The SMILES string of the molecule is O=C(CNC(=O)c1cccc(N2CCCC2=O)c1)Nc1ccccc1. The predicted molar refractivity (Wildman–Crippen MR) is 95.4 cm³/mol. The van der Waals surface area contributed by atoms with Gasteiger partial charge in [-0.25, -0.2) is 0 Å². The van der Waals surface area contributed by atoms with Crippen molar-refractivity contribution in [2.75, 3.05) is 23.3 Å². The van der Waals surface area contributed by atoms with Gasteiger partial charge in [-0.05, 0) is 36.8 Å². The molecule has 1 heterocycles. The normalized spacial score (nSPS) is 13.6. The molecule has 1 aliphatic heterocycles. The van der Waals surface area contributed by atoms with Crippen molar-refractivity contribution in [2.24, 2.45) is 0 Å². The van der Waals surface area contributed by atoms with Crippen LogP contribution in [-0.4, -0.2) is 30.8 Å². The van der Waals surface area contributed by atoms with Crippen LogP contribution < -0.4 is 15.5 Å². The van der Waals surface area contributed by atoms with E-state index < -0.39 is 0 Å². The van der Waals surface area contributed by atoms with Gasteiger partial charge in [0.2, 0.25) is 11.8 Å². The van der Waals surface area contributed by atoms with Gasteiger partial charge in [0.05, 0.1) is 6.54 Å². The van der Waals surface area contributed by atoms with E-state index in [1.54, 1.807) is 35.2 Å². The molecule has 128 valence electrons. The van der Waals surface area contributed by atoms with Gasteiger partial charge in [0, 0.05) is 29.9 Å². The van der Waals surface area contributed by atoms with Crippen molar-refractivity contribution in [2.45, 2.75) is 12.8 Å². The summed E-state index contributed by atoms with van der Waals surface area (Å²) in [4.78, 5) is 37.6. The third-order valence-electron chi connectivity index (χ3n) is 3.96. The molecule has 0 radical (unpaired) electrons. The number of para-hydroxylation sites is 1. The maximum absolute atomic E-state index is 12.3. The molecule has 2 aromatic carbocycles. The third kappa shape index (κ3) is 4.23. The average molecular weight is 337 g/mol. The highest BCUT2D eigenvalue weighted by atomic mass is 16.2. The molecule has 6 nitrogen and oxygen atoms in total. The third-order valence-corrected chi connectivity index (χ3v) is 3.96. The van der Waals surface area contributed by atoms with Crippen molar-refractivity contribution in [1.82, 2.24) is 5.32 Å². The van der Waals surface area contributed by atoms with Crippen LogP contribution in [-0.2, 0) is 9.59 Å². The number of nitrogens with one attached hydrogen (secondary N) is 2. The van der Waals surface area contributed by atoms with E-state index in [4.69, 9.17) is 0 Å². The van der Waals surface area contributed by atoms with Crippen molar-refractivity contribution >= 4 is 29.1 Å². The van der Waals surface area contributed by atoms with Gasteiger partial charge in [-0.15, -0.1) is 0 Å². The summed E-state index contributed by atoms with van der Waals surface area (Å²) in [6, 6.07) is 15.9. The molecule has 2 aromatic rings. The Balaban J connectivity index is 1.58. The quantitative estimate of drug-likeness (QED) is 0.878. The standard InChI is InChI=1S/C19H19N3O3/c23-17(21-15-7-2-1-3-8-15)13-20-19(25)14-6-4-9-16(12-14)22-11-5-10-18(22)24/h1-4,6-9,12H,5,10-11,13H2,(H,20,25)(H,21,23). The van der Waals surface area contributed by atoms with Crippen molar-refractivity contribution in [3.8, 4) is 0 Å². The first-order chi connectivity index (χ1) is 12.1. The number of nitrogens with zero attached hydrogens (tertiary/aromatic N) is 1. The zero-order valence-electron chi connectivity index (χ0n) is 13.7. The first-order valence-electron chi connectivity index (χ1n) is 8.17. The lowest BCUT2D eigenvalue weighted by molar-refractivity contribution is -0.117. The lowest BCUT2D eigenvalue weighted by Gasteiger charge is -2.16. The van der Waals surface area contributed by atoms with Crippen LogP contribution in [0.3, 0.4) is 0 Å². The maximum Gasteiger partial charge on any atom is 0.251 e. The molecule has 1 fully saturated rings. The Bertz CT molecular complexity index is 790. The Morgan fingerprint density at radius 1 is 1.04 bits per heavy atom. The van der Waals surface area contributed by atoms with Gasteiger partial charge >= 0.3 is 0 Å². The van der Waals surface area contributed by atoms with Crippen LogP contribution in [0, 0.1) is 0 Å². The summed E-state index contributed by atoms with van der Waals surface area (Å²) >= 11 is 0. The minimum absolute atomic E-state index is 0.0693. The van der Waals surface area contributed by atoms with Gasteiger partial charge in [-0.2, -0.15) is 0 Å². The summed E-state index contributed by atoms with van der Waals surface area (Å²) in [6.45, 7) is 0.546. The topological polar surface area (TPSA) is 78.5 Å². The number of amides is 3. The minimum atomic E-state index is -0.350. The van der Waals surface area contributed by atoms with E-state index >= 15 is 0 Å². The van der Waals surface area contributed by atoms with Gasteiger partial charge in [-0.3, -0.25) is 14.4 Å². The minimum Gasteiger partial charge on any atom is -0.343 e. The van der Waals surface area contributed by atoms with Crippen LogP contribution >= 0.6 is 0 Å². The van der Waals surface area contributed by atoms with E-state index in [-0.39, 0.29) is 24.3 Å². The van der Waals surface area contributed by atoms with Crippen molar-refractivity contribution < 1.29 is 14.4 Å². The highest BCUT2D eigenvalue weighted by Crippen LogP contribution is 2.22. The highest BCUT2D eigenvalue weighted by molar-refractivity contribution is 6.01. The van der Waals surface area contributed by atoms with E-state index in [1.165, 1.54) is 0 Å². The first kappa shape index (κ1) is 16.7. The molecule has 1 aliphatic rings. The molecular formula is C19H19N3O3. The second-order valence-electron chi connectivity index (χ2n) is 5.80. The zero-order chi connectivity index (χ0) is 17.6. The van der Waals surface area contributed by atoms with Crippen molar-refractivity contribution in [1.29, 1.82) is 0 Å². The summed E-state index contributed by atoms with van der Waals surface area (Å²) in [5.74, 6) is -0.582. The number of hydrogen-bond donors (Lipinski definition) is 2. The Morgan fingerprint density at radius 2 is 1.84 bits per heavy atom. The number of hydrogen-bond acceptors (Lipinski definition) is 3. The molecule has 0 atom stereocenters. The van der Waals surface area contributed by atoms with Crippen LogP contribution in [0.4, 0.5) is 11.4 Å². The van der Waals surface area contributed by atoms with Crippen LogP contribution in [0.25, 0.3) is 0 Å². The summed E-state index contributed by atoms with van der Waals surface area (Å²) in [5, 5.41) is 5.30. The average Bonchev–Trinajstić information content (AvgIpc) is 3.06. The van der Waals surface area contributed by atoms with E-state index in [0.717, 1.165) is 6.42 Å². The lowest BCUT2D eigenvalue weighted by atomic mass is 10.1. The predicted octanol–water partition coefficient (Wildman–Crippen LogP) is 2.18. The Morgan fingerprint density at radius 3 is 2.56 bits per heavy atom. The maximum atomic E-state index is 12.3. The van der Waals surface area contributed by atoms with Crippen LogP contribution in [0.5, 0.6) is 0 Å². The molecule has 2 N–H and O–H groups in total. The van der Waals surface area contributed by atoms with Crippen LogP contribution in [0.1, 0.15) is 23.2 Å². The van der Waals surface area contributed by atoms with Gasteiger partial charge in [0.15, 0.2) is 0 Å². The Kier molecular flexibility index (Phi) is 5.09. The molecule has 3 rings (SSSR count). The number of carbonyl (C=O) groups excluding carboxylic acids is 3. The van der Waals surface area contributed by atoms with Gasteiger partial charge in [0.1, 0.15) is 0 Å². The number of anilines is 2. The Hall–Kier alpha value is -3.15. The van der Waals surface area contributed by atoms with E-state index in [0.29, 0.717) is 29.9 Å². The summed E-state index contributed by atoms with van der Waals surface area (Å²) in [6.07, 6.45) is 1.37. The molecule has 3 amide bonds. The van der Waals surface area contributed by atoms with Crippen LogP contribution in [0.15, 0.2) is 54.6 Å². The number of rotatable bonds is 5.